The standard InChI is InChI=1S/C19H20N4O/c1-19(2)18(7-10-24-19)23-17(15-6-4-9-21-13-15)11-16(22-23)14-5-3-8-20-12-14/h3-6,8-9,11-13,18H,7,10H2,1-2H3. The molecule has 0 radical (unpaired) electrons. The Morgan fingerprint density at radius 3 is 2.38 bits per heavy atom. The minimum atomic E-state index is -0.241. The van der Waals surface area contributed by atoms with Crippen molar-refractivity contribution in [3.8, 4) is 22.5 Å². The van der Waals surface area contributed by atoms with E-state index in [1.807, 2.05) is 30.6 Å². The second-order valence-corrected chi connectivity index (χ2v) is 6.60. The SMILES string of the molecule is CC1(C)OCCC1n1nc(-c2cccnc2)cc1-c1cccnc1. The fourth-order valence-electron chi connectivity index (χ4n) is 3.31. The van der Waals surface area contributed by atoms with Gasteiger partial charge in [0, 0.05) is 42.5 Å². The van der Waals surface area contributed by atoms with Crippen molar-refractivity contribution in [1.82, 2.24) is 19.7 Å². The van der Waals surface area contributed by atoms with Gasteiger partial charge < -0.3 is 4.74 Å². The zero-order chi connectivity index (χ0) is 16.6. The van der Waals surface area contributed by atoms with Crippen molar-refractivity contribution in [3.63, 3.8) is 0 Å². The molecule has 1 fully saturated rings. The lowest BCUT2D eigenvalue weighted by atomic mass is 9.98. The molecule has 5 nitrogen and oxygen atoms in total. The fourth-order valence-corrected chi connectivity index (χ4v) is 3.31. The molecule has 122 valence electrons. The van der Waals surface area contributed by atoms with Gasteiger partial charge in [-0.3, -0.25) is 14.6 Å². The highest BCUT2D eigenvalue weighted by Gasteiger charge is 2.39. The van der Waals surface area contributed by atoms with Crippen LogP contribution in [0.1, 0.15) is 26.3 Å². The lowest BCUT2D eigenvalue weighted by Crippen LogP contribution is -2.30. The molecule has 1 aliphatic rings. The number of ether oxygens (including phenoxy) is 1. The van der Waals surface area contributed by atoms with Gasteiger partial charge in [-0.15, -0.1) is 0 Å². The number of pyridine rings is 2. The Morgan fingerprint density at radius 2 is 1.79 bits per heavy atom. The molecule has 4 heterocycles. The molecule has 1 saturated heterocycles. The van der Waals surface area contributed by atoms with E-state index in [0.717, 1.165) is 35.5 Å². The molecule has 24 heavy (non-hydrogen) atoms. The molecule has 1 atom stereocenters. The Bertz CT molecular complexity index is 827. The lowest BCUT2D eigenvalue weighted by molar-refractivity contribution is 0.0123. The molecule has 0 amide bonds. The minimum Gasteiger partial charge on any atom is -0.373 e. The van der Waals surface area contributed by atoms with Gasteiger partial charge in [0.15, 0.2) is 0 Å². The molecule has 4 rings (SSSR count). The molecule has 3 aromatic rings. The Morgan fingerprint density at radius 1 is 1.08 bits per heavy atom. The third-order valence-electron chi connectivity index (χ3n) is 4.61. The second kappa shape index (κ2) is 5.83. The van der Waals surface area contributed by atoms with E-state index < -0.39 is 0 Å². The summed E-state index contributed by atoms with van der Waals surface area (Å²) in [5.41, 5.74) is 3.81. The van der Waals surface area contributed by atoms with E-state index in [0.29, 0.717) is 0 Å². The fraction of sp³-hybridized carbons (Fsp3) is 0.316. The minimum absolute atomic E-state index is 0.193. The Balaban J connectivity index is 1.86. The molecular weight excluding hydrogens is 300 g/mol. The molecule has 5 heteroatoms. The van der Waals surface area contributed by atoms with E-state index in [1.54, 1.807) is 12.4 Å². The number of hydrogen-bond acceptors (Lipinski definition) is 4. The zero-order valence-electron chi connectivity index (χ0n) is 13.9. The number of rotatable bonds is 3. The summed E-state index contributed by atoms with van der Waals surface area (Å²) in [6.07, 6.45) is 8.24. The topological polar surface area (TPSA) is 52.8 Å². The van der Waals surface area contributed by atoms with Crippen LogP contribution in [0.25, 0.3) is 22.5 Å². The van der Waals surface area contributed by atoms with E-state index in [2.05, 4.69) is 40.6 Å². The molecule has 0 bridgehead atoms. The van der Waals surface area contributed by atoms with Gasteiger partial charge in [-0.2, -0.15) is 5.10 Å². The molecule has 0 spiro atoms. The van der Waals surface area contributed by atoms with Crippen molar-refractivity contribution in [3.05, 3.63) is 55.1 Å². The van der Waals surface area contributed by atoms with Gasteiger partial charge in [-0.25, -0.2) is 0 Å². The van der Waals surface area contributed by atoms with E-state index >= 15 is 0 Å². The van der Waals surface area contributed by atoms with Gasteiger partial charge in [-0.1, -0.05) is 0 Å². The highest BCUT2D eigenvalue weighted by molar-refractivity contribution is 5.68. The van der Waals surface area contributed by atoms with E-state index in [-0.39, 0.29) is 11.6 Å². The van der Waals surface area contributed by atoms with Crippen molar-refractivity contribution in [2.24, 2.45) is 0 Å². The van der Waals surface area contributed by atoms with Crippen LogP contribution in [0.3, 0.4) is 0 Å². The van der Waals surface area contributed by atoms with Crippen LogP contribution >= 0.6 is 0 Å². The summed E-state index contributed by atoms with van der Waals surface area (Å²) in [7, 11) is 0. The molecular formula is C19H20N4O. The van der Waals surface area contributed by atoms with Crippen molar-refractivity contribution in [2.75, 3.05) is 6.61 Å². The summed E-state index contributed by atoms with van der Waals surface area (Å²) in [6.45, 7) is 5.01. The average Bonchev–Trinajstić information content (AvgIpc) is 3.19. The maximum atomic E-state index is 5.92. The van der Waals surface area contributed by atoms with Gasteiger partial charge >= 0.3 is 0 Å². The second-order valence-electron chi connectivity index (χ2n) is 6.60. The monoisotopic (exact) mass is 320 g/mol. The first-order chi connectivity index (χ1) is 11.6. The summed E-state index contributed by atoms with van der Waals surface area (Å²) >= 11 is 0. The summed E-state index contributed by atoms with van der Waals surface area (Å²) in [5.74, 6) is 0. The quantitative estimate of drug-likeness (QED) is 0.737. The Kier molecular flexibility index (Phi) is 3.65. The predicted octanol–water partition coefficient (Wildman–Crippen LogP) is 3.75. The first kappa shape index (κ1) is 15.0. The van der Waals surface area contributed by atoms with Crippen LogP contribution in [0.2, 0.25) is 0 Å². The van der Waals surface area contributed by atoms with Crippen LogP contribution in [0, 0.1) is 0 Å². The van der Waals surface area contributed by atoms with Gasteiger partial charge in [0.05, 0.1) is 23.0 Å². The number of nitrogens with zero attached hydrogens (tertiary/aromatic N) is 4. The zero-order valence-corrected chi connectivity index (χ0v) is 13.9. The van der Waals surface area contributed by atoms with Crippen LogP contribution in [0.5, 0.6) is 0 Å². The third-order valence-corrected chi connectivity index (χ3v) is 4.61. The van der Waals surface area contributed by atoms with Crippen LogP contribution < -0.4 is 0 Å². The van der Waals surface area contributed by atoms with Gasteiger partial charge in [0.2, 0.25) is 0 Å². The molecule has 0 aliphatic carbocycles. The van der Waals surface area contributed by atoms with E-state index in [4.69, 9.17) is 9.84 Å². The maximum absolute atomic E-state index is 5.92. The molecule has 1 aliphatic heterocycles. The average molecular weight is 320 g/mol. The molecule has 0 N–H and O–H groups in total. The van der Waals surface area contributed by atoms with Crippen LogP contribution in [0.4, 0.5) is 0 Å². The van der Waals surface area contributed by atoms with Gasteiger partial charge in [-0.05, 0) is 50.6 Å². The van der Waals surface area contributed by atoms with Gasteiger partial charge in [0.25, 0.3) is 0 Å². The number of hydrogen-bond donors (Lipinski definition) is 0. The first-order valence-electron chi connectivity index (χ1n) is 8.19. The molecule has 0 aromatic carbocycles. The molecule has 3 aromatic heterocycles. The van der Waals surface area contributed by atoms with Crippen molar-refractivity contribution in [1.29, 1.82) is 0 Å². The summed E-state index contributed by atoms with van der Waals surface area (Å²) in [5, 5.41) is 4.90. The lowest BCUT2D eigenvalue weighted by Gasteiger charge is -2.27. The van der Waals surface area contributed by atoms with Crippen molar-refractivity contribution in [2.45, 2.75) is 31.9 Å². The number of aromatic nitrogens is 4. The van der Waals surface area contributed by atoms with E-state index in [1.165, 1.54) is 0 Å². The van der Waals surface area contributed by atoms with Crippen molar-refractivity contribution >= 4 is 0 Å². The largest absolute Gasteiger partial charge is 0.373 e. The third kappa shape index (κ3) is 2.61. The summed E-state index contributed by atoms with van der Waals surface area (Å²) in [6, 6.07) is 10.3. The predicted molar refractivity (Wildman–Crippen MR) is 92.4 cm³/mol. The van der Waals surface area contributed by atoms with Gasteiger partial charge in [0.1, 0.15) is 0 Å². The highest BCUT2D eigenvalue weighted by atomic mass is 16.5. The van der Waals surface area contributed by atoms with Crippen molar-refractivity contribution < 1.29 is 4.74 Å². The van der Waals surface area contributed by atoms with E-state index in [9.17, 15) is 0 Å². The normalized spacial score (nSPS) is 19.5. The van der Waals surface area contributed by atoms with Crippen LogP contribution in [-0.4, -0.2) is 32.0 Å². The Labute approximate surface area is 141 Å². The first-order valence-corrected chi connectivity index (χ1v) is 8.19. The Hall–Kier alpha value is -2.53. The molecule has 0 saturated carbocycles. The summed E-state index contributed by atoms with van der Waals surface area (Å²) in [4.78, 5) is 8.47. The molecule has 1 unspecified atom stereocenters. The summed E-state index contributed by atoms with van der Waals surface area (Å²) < 4.78 is 8.03. The van der Waals surface area contributed by atoms with Crippen LogP contribution in [0.15, 0.2) is 55.1 Å². The maximum Gasteiger partial charge on any atom is 0.0945 e. The van der Waals surface area contributed by atoms with Crippen LogP contribution in [-0.2, 0) is 4.74 Å². The highest BCUT2D eigenvalue weighted by Crippen LogP contribution is 2.39. The smallest absolute Gasteiger partial charge is 0.0945 e.